The molecule has 0 atom stereocenters. The molecule has 5 nitrogen and oxygen atoms in total. The van der Waals surface area contributed by atoms with E-state index in [9.17, 15) is 9.59 Å². The summed E-state index contributed by atoms with van der Waals surface area (Å²) in [5.74, 6) is -0.984. The first-order valence-electron chi connectivity index (χ1n) is 5.65. The van der Waals surface area contributed by atoms with Crippen LogP contribution in [0.4, 0.5) is 0 Å². The third-order valence-corrected chi connectivity index (χ3v) is 3.29. The molecule has 1 fully saturated rings. The summed E-state index contributed by atoms with van der Waals surface area (Å²) >= 11 is 8.19. The maximum Gasteiger partial charge on any atom is 0.266 e. The van der Waals surface area contributed by atoms with E-state index in [1.807, 2.05) is 0 Å². The highest BCUT2D eigenvalue weighted by molar-refractivity contribution is 9.10. The minimum atomic E-state index is -0.526. The van der Waals surface area contributed by atoms with Gasteiger partial charge in [0.2, 0.25) is 0 Å². The summed E-state index contributed by atoms with van der Waals surface area (Å²) in [7, 11) is 0. The van der Waals surface area contributed by atoms with Crippen molar-refractivity contribution in [2.24, 2.45) is 0 Å². The number of carbonyl (C=O) groups is 2. The molecule has 1 aliphatic heterocycles. The molecule has 1 aromatic rings. The van der Waals surface area contributed by atoms with Gasteiger partial charge in [-0.25, -0.2) is 4.98 Å². The van der Waals surface area contributed by atoms with E-state index >= 15 is 0 Å². The molecule has 0 saturated carbocycles. The molecule has 0 aromatic carbocycles. The Morgan fingerprint density at radius 1 is 1.45 bits per heavy atom. The van der Waals surface area contributed by atoms with Gasteiger partial charge in [0.15, 0.2) is 5.11 Å². The van der Waals surface area contributed by atoms with Crippen LogP contribution in [-0.4, -0.2) is 33.4 Å². The first kappa shape index (κ1) is 14.5. The highest BCUT2D eigenvalue weighted by Gasteiger charge is 2.32. The van der Waals surface area contributed by atoms with E-state index in [0.29, 0.717) is 10.3 Å². The smallest absolute Gasteiger partial charge is 0.266 e. The highest BCUT2D eigenvalue weighted by Crippen LogP contribution is 2.15. The lowest BCUT2D eigenvalue weighted by molar-refractivity contribution is -0.128. The summed E-state index contributed by atoms with van der Waals surface area (Å²) in [6.07, 6.45) is 2.97. The molecule has 2 amide bonds. The van der Waals surface area contributed by atoms with Crippen molar-refractivity contribution in [3.05, 3.63) is 46.7 Å². The lowest BCUT2D eigenvalue weighted by Gasteiger charge is -2.27. The molecule has 102 valence electrons. The standard InChI is InChI=1S/C13H10BrN3O2S/c1-2-6-17-12(19)9(11(18)16-13(17)20)7-8-4-3-5-10(14)15-8/h2-5,7H,1,6H2,(H,16,18,20). The van der Waals surface area contributed by atoms with Gasteiger partial charge in [-0.1, -0.05) is 12.1 Å². The summed E-state index contributed by atoms with van der Waals surface area (Å²) in [5.41, 5.74) is 0.496. The molecule has 0 radical (unpaired) electrons. The summed E-state index contributed by atoms with van der Waals surface area (Å²) in [4.78, 5) is 29.6. The number of nitrogens with one attached hydrogen (secondary N) is 1. The molecular weight excluding hydrogens is 342 g/mol. The van der Waals surface area contributed by atoms with Gasteiger partial charge in [0.05, 0.1) is 5.69 Å². The number of nitrogens with zero attached hydrogens (tertiary/aromatic N) is 2. The third-order valence-electron chi connectivity index (χ3n) is 2.53. The van der Waals surface area contributed by atoms with Gasteiger partial charge in [-0.05, 0) is 46.4 Å². The van der Waals surface area contributed by atoms with E-state index in [2.05, 4.69) is 32.8 Å². The second-order valence-electron chi connectivity index (χ2n) is 3.91. The van der Waals surface area contributed by atoms with Crippen LogP contribution in [0.5, 0.6) is 0 Å². The number of halogens is 1. The first-order chi connectivity index (χ1) is 9.52. The molecule has 2 heterocycles. The third kappa shape index (κ3) is 3.00. The van der Waals surface area contributed by atoms with Crippen LogP contribution in [0.15, 0.2) is 41.0 Å². The second-order valence-corrected chi connectivity index (χ2v) is 5.11. The zero-order valence-electron chi connectivity index (χ0n) is 10.3. The first-order valence-corrected chi connectivity index (χ1v) is 6.85. The number of pyridine rings is 1. The topological polar surface area (TPSA) is 62.3 Å². The molecule has 7 heteroatoms. The number of amides is 2. The Morgan fingerprint density at radius 3 is 2.85 bits per heavy atom. The monoisotopic (exact) mass is 351 g/mol. The lowest BCUT2D eigenvalue weighted by Crippen LogP contribution is -2.53. The SMILES string of the molecule is C=CCN1C(=O)C(=Cc2cccc(Br)n2)C(=O)NC1=S. The van der Waals surface area contributed by atoms with Crippen molar-refractivity contribution < 1.29 is 9.59 Å². The molecule has 1 saturated heterocycles. The van der Waals surface area contributed by atoms with Gasteiger partial charge >= 0.3 is 0 Å². The fraction of sp³-hybridized carbons (Fsp3) is 0.0769. The number of aromatic nitrogens is 1. The van der Waals surface area contributed by atoms with Gasteiger partial charge in [-0.15, -0.1) is 6.58 Å². The summed E-state index contributed by atoms with van der Waals surface area (Å²) < 4.78 is 0.619. The van der Waals surface area contributed by atoms with E-state index < -0.39 is 11.8 Å². The molecule has 0 aliphatic carbocycles. The van der Waals surface area contributed by atoms with Crippen molar-refractivity contribution in [3.8, 4) is 0 Å². The minimum Gasteiger partial charge on any atom is -0.298 e. The van der Waals surface area contributed by atoms with E-state index in [4.69, 9.17) is 12.2 Å². The van der Waals surface area contributed by atoms with Crippen LogP contribution < -0.4 is 5.32 Å². The van der Waals surface area contributed by atoms with E-state index in [1.54, 1.807) is 18.2 Å². The lowest BCUT2D eigenvalue weighted by atomic mass is 10.1. The molecule has 1 N–H and O–H groups in total. The fourth-order valence-corrected chi connectivity index (χ4v) is 2.25. The van der Waals surface area contributed by atoms with Crippen molar-refractivity contribution in [1.82, 2.24) is 15.2 Å². The van der Waals surface area contributed by atoms with Crippen molar-refractivity contribution in [2.45, 2.75) is 0 Å². The zero-order valence-corrected chi connectivity index (χ0v) is 12.7. The Balaban J connectivity index is 2.38. The van der Waals surface area contributed by atoms with Crippen molar-refractivity contribution in [2.75, 3.05) is 6.54 Å². The van der Waals surface area contributed by atoms with Gasteiger partial charge in [-0.2, -0.15) is 0 Å². The number of hydrogen-bond acceptors (Lipinski definition) is 4. The summed E-state index contributed by atoms with van der Waals surface area (Å²) in [5, 5.41) is 2.55. The predicted molar refractivity (Wildman–Crippen MR) is 82.6 cm³/mol. The molecule has 2 rings (SSSR count). The normalized spacial score (nSPS) is 17.4. The maximum absolute atomic E-state index is 12.2. The van der Waals surface area contributed by atoms with E-state index in [-0.39, 0.29) is 17.2 Å². The molecule has 0 spiro atoms. The minimum absolute atomic E-state index is 0.00829. The highest BCUT2D eigenvalue weighted by atomic mass is 79.9. The van der Waals surface area contributed by atoms with Gasteiger partial charge < -0.3 is 0 Å². The van der Waals surface area contributed by atoms with Gasteiger partial charge in [0.25, 0.3) is 11.8 Å². The molecule has 0 bridgehead atoms. The number of thiocarbonyl (C=S) groups is 1. The van der Waals surface area contributed by atoms with Crippen molar-refractivity contribution in [1.29, 1.82) is 0 Å². The van der Waals surface area contributed by atoms with Crippen LogP contribution in [0.3, 0.4) is 0 Å². The molecule has 1 aliphatic rings. The molecule has 1 aromatic heterocycles. The largest absolute Gasteiger partial charge is 0.298 e. The summed E-state index contributed by atoms with van der Waals surface area (Å²) in [6, 6.07) is 5.22. The Labute approximate surface area is 129 Å². The molecule has 0 unspecified atom stereocenters. The van der Waals surface area contributed by atoms with Crippen LogP contribution in [0, 0.1) is 0 Å². The molecular formula is C13H10BrN3O2S. The number of carbonyl (C=O) groups excluding carboxylic acids is 2. The average molecular weight is 352 g/mol. The Hall–Kier alpha value is -1.86. The average Bonchev–Trinajstić information content (AvgIpc) is 2.39. The number of hydrogen-bond donors (Lipinski definition) is 1. The Bertz CT molecular complexity index is 642. The Kier molecular flexibility index (Phi) is 4.41. The van der Waals surface area contributed by atoms with Gasteiger partial charge in [0, 0.05) is 6.54 Å². The van der Waals surface area contributed by atoms with Gasteiger partial charge in [0.1, 0.15) is 10.2 Å². The van der Waals surface area contributed by atoms with Crippen LogP contribution >= 0.6 is 28.1 Å². The number of rotatable bonds is 3. The molecule has 20 heavy (non-hydrogen) atoms. The van der Waals surface area contributed by atoms with E-state index in [0.717, 1.165) is 0 Å². The van der Waals surface area contributed by atoms with E-state index in [1.165, 1.54) is 17.1 Å². The quantitative estimate of drug-likeness (QED) is 0.296. The second kappa shape index (κ2) is 6.06. The zero-order chi connectivity index (χ0) is 14.7. The van der Waals surface area contributed by atoms with Crippen LogP contribution in [0.2, 0.25) is 0 Å². The van der Waals surface area contributed by atoms with Crippen LogP contribution in [-0.2, 0) is 9.59 Å². The maximum atomic E-state index is 12.2. The fourth-order valence-electron chi connectivity index (χ4n) is 1.64. The van der Waals surface area contributed by atoms with Crippen molar-refractivity contribution in [3.63, 3.8) is 0 Å². The Morgan fingerprint density at radius 2 is 2.20 bits per heavy atom. The van der Waals surface area contributed by atoms with Crippen LogP contribution in [0.1, 0.15) is 5.69 Å². The van der Waals surface area contributed by atoms with Crippen molar-refractivity contribution >= 4 is 51.2 Å². The van der Waals surface area contributed by atoms with Gasteiger partial charge in [-0.3, -0.25) is 19.8 Å². The predicted octanol–water partition coefficient (Wildman–Crippen LogP) is 1.66. The summed E-state index contributed by atoms with van der Waals surface area (Å²) in [6.45, 7) is 3.80. The van der Waals surface area contributed by atoms with Crippen LogP contribution in [0.25, 0.3) is 6.08 Å².